The predicted molar refractivity (Wildman–Crippen MR) is 94.6 cm³/mol. The Hall–Kier alpha value is -1.56. The van der Waals surface area contributed by atoms with Crippen LogP contribution < -0.4 is 5.73 Å². The van der Waals surface area contributed by atoms with Crippen LogP contribution in [-0.2, 0) is 20.8 Å². The molecule has 0 spiro atoms. The molecular weight excluding hydrogens is 386 g/mol. The fraction of sp³-hybridized carbons (Fsp3) is 0.429. The summed E-state index contributed by atoms with van der Waals surface area (Å²) in [6.07, 6.45) is 1.50. The van der Waals surface area contributed by atoms with Crippen LogP contribution in [0, 0.1) is 6.92 Å². The van der Waals surface area contributed by atoms with Gasteiger partial charge in [0.15, 0.2) is 4.34 Å². The van der Waals surface area contributed by atoms with Gasteiger partial charge in [0.05, 0.1) is 12.1 Å². The van der Waals surface area contributed by atoms with Gasteiger partial charge in [0.2, 0.25) is 5.91 Å². The van der Waals surface area contributed by atoms with Crippen LogP contribution in [0.3, 0.4) is 0 Å². The van der Waals surface area contributed by atoms with Crippen LogP contribution in [0.25, 0.3) is 0 Å². The van der Waals surface area contributed by atoms with Gasteiger partial charge < -0.3 is 20.8 Å². The maximum atomic E-state index is 11.8. The molecule has 1 amide bonds. The lowest BCUT2D eigenvalue weighted by molar-refractivity contribution is -0.141. The maximum absolute atomic E-state index is 11.8. The lowest BCUT2D eigenvalue weighted by Gasteiger charge is -2.47. The highest BCUT2D eigenvalue weighted by atomic mass is 32.2. The predicted octanol–water partition coefficient (Wildman–Crippen LogP) is 0.750. The van der Waals surface area contributed by atoms with E-state index in [-0.39, 0.29) is 17.7 Å². The van der Waals surface area contributed by atoms with Crippen LogP contribution in [0.2, 0.25) is 0 Å². The molecule has 3 rings (SSSR count). The van der Waals surface area contributed by atoms with Gasteiger partial charge >= 0.3 is 11.9 Å². The standard InChI is InChI=1S/C14H15N3O5S3/c1-5-7(2-8(18)19)24-14(16-5)23-4-6-3-17-11(20)9(15)12(17)25-10(6)13(21)22/h3,9-10,12H,2,4,15H2,1H3,(H,18,19)(H,21,22). The number of thioether (sulfide) groups is 2. The topological polar surface area (TPSA) is 134 Å². The number of carbonyl (C=O) groups is 3. The smallest absolute Gasteiger partial charge is 0.321 e. The average molecular weight is 401 g/mol. The van der Waals surface area contributed by atoms with Crippen molar-refractivity contribution in [2.75, 3.05) is 5.75 Å². The number of hydrogen-bond acceptors (Lipinski definition) is 8. The SMILES string of the molecule is Cc1nc(SCC2=CN3C(=O)C(N)C3SC2C(=O)O)sc1CC(=O)O. The number of carbonyl (C=O) groups excluding carboxylic acids is 1. The molecule has 0 bridgehead atoms. The summed E-state index contributed by atoms with van der Waals surface area (Å²) in [5.74, 6) is -1.74. The largest absolute Gasteiger partial charge is 0.481 e. The summed E-state index contributed by atoms with van der Waals surface area (Å²) >= 11 is 3.80. The van der Waals surface area contributed by atoms with Gasteiger partial charge in [-0.15, -0.1) is 23.1 Å². The molecule has 1 saturated heterocycles. The molecule has 1 aromatic rings. The zero-order chi connectivity index (χ0) is 18.3. The van der Waals surface area contributed by atoms with Crippen molar-refractivity contribution in [3.8, 4) is 0 Å². The Balaban J connectivity index is 1.72. The van der Waals surface area contributed by atoms with Crippen LogP contribution >= 0.6 is 34.9 Å². The lowest BCUT2D eigenvalue weighted by Crippen LogP contribution is -2.67. The first kappa shape index (κ1) is 18.2. The fourth-order valence-electron chi connectivity index (χ4n) is 2.51. The molecule has 3 unspecified atom stereocenters. The van der Waals surface area contributed by atoms with Crippen molar-refractivity contribution in [1.29, 1.82) is 0 Å². The molecule has 0 radical (unpaired) electrons. The van der Waals surface area contributed by atoms with Crippen LogP contribution in [0.15, 0.2) is 16.1 Å². The van der Waals surface area contributed by atoms with Crippen molar-refractivity contribution < 1.29 is 24.6 Å². The van der Waals surface area contributed by atoms with Crippen LogP contribution in [0.5, 0.6) is 0 Å². The molecule has 2 aliphatic rings. The molecule has 8 nitrogen and oxygen atoms in total. The van der Waals surface area contributed by atoms with Gasteiger partial charge in [-0.25, -0.2) is 4.98 Å². The van der Waals surface area contributed by atoms with E-state index in [9.17, 15) is 19.5 Å². The normalized spacial score (nSPS) is 25.2. The molecule has 11 heteroatoms. The van der Waals surface area contributed by atoms with E-state index in [2.05, 4.69) is 4.98 Å². The highest BCUT2D eigenvalue weighted by Gasteiger charge is 2.50. The minimum atomic E-state index is -0.968. The number of aryl methyl sites for hydroxylation is 1. The Morgan fingerprint density at radius 3 is 2.80 bits per heavy atom. The summed E-state index contributed by atoms with van der Waals surface area (Å²) in [5, 5.41) is 17.2. The number of aliphatic carboxylic acids is 2. The van der Waals surface area contributed by atoms with Crippen molar-refractivity contribution >= 4 is 52.7 Å². The van der Waals surface area contributed by atoms with E-state index in [1.165, 1.54) is 39.8 Å². The third-order valence-corrected chi connectivity index (χ3v) is 7.76. The number of β-lactam (4-membered cyclic amide) rings is 1. The third kappa shape index (κ3) is 3.54. The minimum Gasteiger partial charge on any atom is -0.481 e. The van der Waals surface area contributed by atoms with E-state index in [4.69, 9.17) is 10.8 Å². The number of fused-ring (bicyclic) bond motifs is 1. The monoisotopic (exact) mass is 401 g/mol. The zero-order valence-electron chi connectivity index (χ0n) is 13.0. The molecule has 1 fully saturated rings. The molecule has 2 aliphatic heterocycles. The number of hydrogen-bond donors (Lipinski definition) is 3. The summed E-state index contributed by atoms with van der Waals surface area (Å²) in [6.45, 7) is 1.75. The van der Waals surface area contributed by atoms with Gasteiger partial charge in [0.1, 0.15) is 16.7 Å². The van der Waals surface area contributed by atoms with Gasteiger partial charge in [-0.3, -0.25) is 14.4 Å². The van der Waals surface area contributed by atoms with Gasteiger partial charge in [-0.05, 0) is 12.5 Å². The van der Waals surface area contributed by atoms with E-state index in [1.54, 1.807) is 13.1 Å². The third-order valence-electron chi connectivity index (χ3n) is 3.81. The van der Waals surface area contributed by atoms with E-state index in [0.717, 1.165) is 0 Å². The zero-order valence-corrected chi connectivity index (χ0v) is 15.5. The first-order valence-corrected chi connectivity index (χ1v) is 10.00. The minimum absolute atomic E-state index is 0.0811. The second-order valence-electron chi connectivity index (χ2n) is 5.57. The Morgan fingerprint density at radius 2 is 2.16 bits per heavy atom. The Bertz CT molecular complexity index is 778. The van der Waals surface area contributed by atoms with Crippen molar-refractivity contribution in [2.45, 2.75) is 34.3 Å². The number of aromatic nitrogens is 1. The number of nitrogens with two attached hydrogens (primary N) is 1. The van der Waals surface area contributed by atoms with Gasteiger partial charge in [0.25, 0.3) is 0 Å². The fourth-order valence-corrected chi connectivity index (χ4v) is 6.14. The van der Waals surface area contributed by atoms with E-state index < -0.39 is 23.2 Å². The number of nitrogens with zero attached hydrogens (tertiary/aromatic N) is 2. The molecule has 4 N–H and O–H groups in total. The second-order valence-corrected chi connectivity index (χ2v) is 9.10. The molecular formula is C14H15N3O5S3. The molecule has 134 valence electrons. The van der Waals surface area contributed by atoms with Gasteiger partial charge in [0, 0.05) is 16.8 Å². The summed E-state index contributed by atoms with van der Waals surface area (Å²) in [6, 6.07) is -0.655. The van der Waals surface area contributed by atoms with Gasteiger partial charge in [-0.1, -0.05) is 11.8 Å². The van der Waals surface area contributed by atoms with E-state index >= 15 is 0 Å². The number of amides is 1. The van der Waals surface area contributed by atoms with E-state index in [0.29, 0.717) is 26.2 Å². The number of carboxylic acids is 2. The Kier molecular flexibility index (Phi) is 5.09. The first-order chi connectivity index (χ1) is 11.8. The maximum Gasteiger partial charge on any atom is 0.321 e. The summed E-state index contributed by atoms with van der Waals surface area (Å²) in [7, 11) is 0. The van der Waals surface area contributed by atoms with Crippen LogP contribution in [-0.4, -0.2) is 60.4 Å². The van der Waals surface area contributed by atoms with E-state index in [1.807, 2.05) is 0 Å². The van der Waals surface area contributed by atoms with Crippen molar-refractivity contribution in [2.24, 2.45) is 5.73 Å². The molecule has 0 aliphatic carbocycles. The number of rotatable bonds is 6. The van der Waals surface area contributed by atoms with Crippen molar-refractivity contribution in [1.82, 2.24) is 9.88 Å². The molecule has 0 saturated carbocycles. The first-order valence-electron chi connectivity index (χ1n) is 7.25. The molecule has 3 atom stereocenters. The summed E-state index contributed by atoms with van der Waals surface area (Å²) < 4.78 is 0.678. The quantitative estimate of drug-likeness (QED) is 0.466. The van der Waals surface area contributed by atoms with Crippen LogP contribution in [0.1, 0.15) is 10.6 Å². The molecule has 25 heavy (non-hydrogen) atoms. The Morgan fingerprint density at radius 1 is 1.44 bits per heavy atom. The summed E-state index contributed by atoms with van der Waals surface area (Å²) in [4.78, 5) is 40.6. The number of thiazole rings is 1. The highest BCUT2D eigenvalue weighted by Crippen LogP contribution is 2.41. The Labute approximate surface area is 155 Å². The molecule has 1 aromatic heterocycles. The van der Waals surface area contributed by atoms with Gasteiger partial charge in [-0.2, -0.15) is 0 Å². The second kappa shape index (κ2) is 6.98. The lowest BCUT2D eigenvalue weighted by atomic mass is 10.1. The average Bonchev–Trinajstić information content (AvgIpc) is 2.90. The highest BCUT2D eigenvalue weighted by molar-refractivity contribution is 8.02. The number of carboxylic acid groups (broad SMARTS) is 2. The van der Waals surface area contributed by atoms with Crippen molar-refractivity contribution in [3.05, 3.63) is 22.3 Å². The molecule has 0 aromatic carbocycles. The van der Waals surface area contributed by atoms with Crippen molar-refractivity contribution in [3.63, 3.8) is 0 Å². The molecule has 3 heterocycles. The van der Waals surface area contributed by atoms with Crippen LogP contribution in [0.4, 0.5) is 0 Å². The summed E-state index contributed by atoms with van der Waals surface area (Å²) in [5.41, 5.74) is 6.98.